The number of carbonyl (C=O) groups is 1. The summed E-state index contributed by atoms with van der Waals surface area (Å²) in [4.78, 5) is 14.3. The minimum atomic E-state index is -1.10. The van der Waals surface area contributed by atoms with Gasteiger partial charge in [-0.15, -0.1) is 0 Å². The molecule has 0 unspecified atom stereocenters. The summed E-state index contributed by atoms with van der Waals surface area (Å²) in [6.45, 7) is 6.23. The molecule has 0 spiro atoms. The lowest BCUT2D eigenvalue weighted by Crippen LogP contribution is -2.13. The van der Waals surface area contributed by atoms with Gasteiger partial charge in [-0.05, 0) is 17.0 Å². The highest BCUT2D eigenvalue weighted by Gasteiger charge is 2.13. The van der Waals surface area contributed by atoms with Crippen LogP contribution in [0.5, 0.6) is 0 Å². The number of aromatic nitrogens is 1. The van der Waals surface area contributed by atoms with Crippen LogP contribution in [0.1, 0.15) is 26.3 Å². The molecule has 0 saturated carbocycles. The summed E-state index contributed by atoms with van der Waals surface area (Å²) in [7, 11) is 0. The van der Waals surface area contributed by atoms with Crippen LogP contribution in [0, 0.1) is 0 Å². The van der Waals surface area contributed by atoms with E-state index in [0.717, 1.165) is 5.56 Å². The summed E-state index contributed by atoms with van der Waals surface area (Å²) >= 11 is 0. The number of nitrogens with one attached hydrogen (secondary N) is 1. The molecule has 0 aromatic carbocycles. The first-order valence-corrected chi connectivity index (χ1v) is 4.36. The largest absolute Gasteiger partial charge is 0.465 e. The summed E-state index contributed by atoms with van der Waals surface area (Å²) < 4.78 is 0. The second kappa shape index (κ2) is 3.65. The Bertz CT molecular complexity index is 325. The van der Waals surface area contributed by atoms with Crippen LogP contribution in [-0.4, -0.2) is 16.2 Å². The molecule has 2 N–H and O–H groups in total. The maximum absolute atomic E-state index is 10.3. The van der Waals surface area contributed by atoms with E-state index >= 15 is 0 Å². The number of carboxylic acid groups (broad SMARTS) is 1. The molecule has 1 heterocycles. The van der Waals surface area contributed by atoms with Gasteiger partial charge in [-0.25, -0.2) is 9.78 Å². The Morgan fingerprint density at radius 3 is 2.43 bits per heavy atom. The summed E-state index contributed by atoms with van der Waals surface area (Å²) in [5, 5.41) is 10.6. The summed E-state index contributed by atoms with van der Waals surface area (Å²) in [6, 6.07) is 3.53. The van der Waals surface area contributed by atoms with E-state index in [1.54, 1.807) is 12.3 Å². The summed E-state index contributed by atoms with van der Waals surface area (Å²) in [5.41, 5.74) is 1.11. The molecule has 0 radical (unpaired) electrons. The zero-order chi connectivity index (χ0) is 10.8. The van der Waals surface area contributed by atoms with Crippen LogP contribution < -0.4 is 5.32 Å². The monoisotopic (exact) mass is 194 g/mol. The molecule has 0 aliphatic heterocycles. The van der Waals surface area contributed by atoms with Crippen molar-refractivity contribution in [2.24, 2.45) is 0 Å². The van der Waals surface area contributed by atoms with Gasteiger partial charge in [-0.1, -0.05) is 26.8 Å². The van der Waals surface area contributed by atoms with Crippen LogP contribution >= 0.6 is 0 Å². The number of amides is 1. The maximum Gasteiger partial charge on any atom is 0.410 e. The molecule has 0 aliphatic rings. The predicted molar refractivity (Wildman–Crippen MR) is 54.6 cm³/mol. The third kappa shape index (κ3) is 2.73. The molecule has 1 rings (SSSR count). The zero-order valence-electron chi connectivity index (χ0n) is 8.53. The SMILES string of the molecule is CC(C)(C)c1ccc(NC(=O)O)nc1. The van der Waals surface area contributed by atoms with Crippen molar-refractivity contribution in [3.05, 3.63) is 23.9 Å². The molecular weight excluding hydrogens is 180 g/mol. The zero-order valence-corrected chi connectivity index (χ0v) is 8.53. The van der Waals surface area contributed by atoms with Crippen molar-refractivity contribution in [3.8, 4) is 0 Å². The molecule has 1 aromatic heterocycles. The average molecular weight is 194 g/mol. The number of anilines is 1. The van der Waals surface area contributed by atoms with E-state index in [2.05, 4.69) is 31.1 Å². The Morgan fingerprint density at radius 1 is 1.43 bits per heavy atom. The van der Waals surface area contributed by atoms with Gasteiger partial charge in [0.2, 0.25) is 0 Å². The Morgan fingerprint density at radius 2 is 2.07 bits per heavy atom. The van der Waals surface area contributed by atoms with Gasteiger partial charge in [0.05, 0.1) is 0 Å². The molecule has 14 heavy (non-hydrogen) atoms. The number of pyridine rings is 1. The van der Waals surface area contributed by atoms with Crippen molar-refractivity contribution < 1.29 is 9.90 Å². The minimum absolute atomic E-state index is 0.0365. The van der Waals surface area contributed by atoms with Crippen molar-refractivity contribution in [1.82, 2.24) is 4.98 Å². The highest BCUT2D eigenvalue weighted by molar-refractivity contribution is 5.81. The quantitative estimate of drug-likeness (QED) is 0.721. The number of rotatable bonds is 1. The number of hydrogen-bond donors (Lipinski definition) is 2. The lowest BCUT2D eigenvalue weighted by molar-refractivity contribution is 0.209. The van der Waals surface area contributed by atoms with E-state index < -0.39 is 6.09 Å². The van der Waals surface area contributed by atoms with Crippen LogP contribution in [0.15, 0.2) is 18.3 Å². The molecular formula is C10H14N2O2. The van der Waals surface area contributed by atoms with Gasteiger partial charge in [0, 0.05) is 6.20 Å². The van der Waals surface area contributed by atoms with E-state index in [4.69, 9.17) is 5.11 Å². The Kier molecular flexibility index (Phi) is 2.74. The van der Waals surface area contributed by atoms with Gasteiger partial charge in [0.25, 0.3) is 0 Å². The number of hydrogen-bond acceptors (Lipinski definition) is 2. The first-order chi connectivity index (χ1) is 6.39. The van der Waals surface area contributed by atoms with Crippen LogP contribution in [0.25, 0.3) is 0 Å². The minimum Gasteiger partial charge on any atom is -0.465 e. The molecule has 1 aromatic rings. The van der Waals surface area contributed by atoms with Crippen LogP contribution in [0.2, 0.25) is 0 Å². The van der Waals surface area contributed by atoms with Crippen LogP contribution in [0.3, 0.4) is 0 Å². The Labute approximate surface area is 83.0 Å². The molecule has 4 heteroatoms. The molecule has 4 nitrogen and oxygen atoms in total. The van der Waals surface area contributed by atoms with Crippen molar-refractivity contribution in [1.29, 1.82) is 0 Å². The third-order valence-corrected chi connectivity index (χ3v) is 1.86. The first-order valence-electron chi connectivity index (χ1n) is 4.36. The lowest BCUT2D eigenvalue weighted by Gasteiger charge is -2.18. The Balaban J connectivity index is 2.84. The second-order valence-corrected chi connectivity index (χ2v) is 4.11. The van der Waals surface area contributed by atoms with Crippen LogP contribution in [-0.2, 0) is 5.41 Å². The normalized spacial score (nSPS) is 11.1. The van der Waals surface area contributed by atoms with Crippen molar-refractivity contribution in [2.45, 2.75) is 26.2 Å². The summed E-state index contributed by atoms with van der Waals surface area (Å²) in [5.74, 6) is 0.352. The lowest BCUT2D eigenvalue weighted by atomic mass is 9.88. The predicted octanol–water partition coefficient (Wildman–Crippen LogP) is 2.47. The van der Waals surface area contributed by atoms with Crippen molar-refractivity contribution >= 4 is 11.9 Å². The van der Waals surface area contributed by atoms with Gasteiger partial charge in [0.15, 0.2) is 0 Å². The highest BCUT2D eigenvalue weighted by atomic mass is 16.4. The van der Waals surface area contributed by atoms with Gasteiger partial charge in [-0.3, -0.25) is 5.32 Å². The molecule has 76 valence electrons. The average Bonchev–Trinajstić information content (AvgIpc) is 2.02. The molecule has 0 atom stereocenters. The third-order valence-electron chi connectivity index (χ3n) is 1.86. The summed E-state index contributed by atoms with van der Waals surface area (Å²) in [6.07, 6.45) is 0.589. The molecule has 0 aliphatic carbocycles. The molecule has 1 amide bonds. The maximum atomic E-state index is 10.3. The molecule has 0 bridgehead atoms. The highest BCUT2D eigenvalue weighted by Crippen LogP contribution is 2.21. The van der Waals surface area contributed by atoms with Gasteiger partial charge in [0.1, 0.15) is 5.82 Å². The smallest absolute Gasteiger partial charge is 0.410 e. The molecule has 0 saturated heterocycles. The van der Waals surface area contributed by atoms with E-state index in [9.17, 15) is 4.79 Å². The molecule has 0 fully saturated rings. The topological polar surface area (TPSA) is 62.2 Å². The van der Waals surface area contributed by atoms with Crippen LogP contribution in [0.4, 0.5) is 10.6 Å². The van der Waals surface area contributed by atoms with Gasteiger partial charge in [-0.2, -0.15) is 0 Å². The fraction of sp³-hybridized carbons (Fsp3) is 0.400. The second-order valence-electron chi connectivity index (χ2n) is 4.11. The standard InChI is InChI=1S/C10H14N2O2/c1-10(2,3)7-4-5-8(11-6-7)12-9(13)14/h4-6H,1-3H3,(H,11,12)(H,13,14). The van der Waals surface area contributed by atoms with Gasteiger partial charge >= 0.3 is 6.09 Å². The van der Waals surface area contributed by atoms with Crippen molar-refractivity contribution in [3.63, 3.8) is 0 Å². The van der Waals surface area contributed by atoms with E-state index in [0.29, 0.717) is 5.82 Å². The first kappa shape index (κ1) is 10.5. The number of nitrogens with zero attached hydrogens (tertiary/aromatic N) is 1. The van der Waals surface area contributed by atoms with Gasteiger partial charge < -0.3 is 5.11 Å². The Hall–Kier alpha value is -1.58. The fourth-order valence-corrected chi connectivity index (χ4v) is 1.02. The van der Waals surface area contributed by atoms with E-state index in [-0.39, 0.29) is 5.41 Å². The van der Waals surface area contributed by atoms with E-state index in [1.165, 1.54) is 0 Å². The van der Waals surface area contributed by atoms with E-state index in [1.807, 2.05) is 6.07 Å². The van der Waals surface area contributed by atoms with Crippen molar-refractivity contribution in [2.75, 3.05) is 5.32 Å². The fourth-order valence-electron chi connectivity index (χ4n) is 1.02.